The molecule has 0 amide bonds. The molecule has 0 saturated carbocycles. The Morgan fingerprint density at radius 1 is 1.07 bits per heavy atom. The van der Waals surface area contributed by atoms with Crippen LogP contribution in [0.5, 0.6) is 11.5 Å². The van der Waals surface area contributed by atoms with Crippen LogP contribution in [0.3, 0.4) is 0 Å². The molecule has 156 valence electrons. The summed E-state index contributed by atoms with van der Waals surface area (Å²) in [6, 6.07) is 11.2. The molecule has 0 radical (unpaired) electrons. The number of sulfonamides is 1. The largest absolute Gasteiger partial charge is 0.497 e. The molecule has 1 heterocycles. The number of hydrogen-bond donors (Lipinski definition) is 0. The second kappa shape index (κ2) is 9.25. The fourth-order valence-corrected chi connectivity index (χ4v) is 4.40. The van der Waals surface area contributed by atoms with E-state index in [0.717, 1.165) is 0 Å². The summed E-state index contributed by atoms with van der Waals surface area (Å²) in [4.78, 5) is 12.6. The van der Waals surface area contributed by atoms with E-state index in [4.69, 9.17) is 18.9 Å². The van der Waals surface area contributed by atoms with Crippen molar-refractivity contribution in [2.45, 2.75) is 11.5 Å². The molecule has 9 heteroatoms. The molecule has 0 aromatic heterocycles. The maximum atomic E-state index is 12.8. The number of ether oxygens (including phenoxy) is 4. The van der Waals surface area contributed by atoms with E-state index in [0.29, 0.717) is 43.4 Å². The quantitative estimate of drug-likeness (QED) is 0.632. The fourth-order valence-electron chi connectivity index (χ4n) is 2.93. The van der Waals surface area contributed by atoms with Crippen LogP contribution in [0.4, 0.5) is 0 Å². The summed E-state index contributed by atoms with van der Waals surface area (Å²) in [5, 5.41) is 0. The van der Waals surface area contributed by atoms with Gasteiger partial charge in [-0.05, 0) is 29.8 Å². The summed E-state index contributed by atoms with van der Waals surface area (Å²) >= 11 is 0. The Bertz CT molecular complexity index is 969. The van der Waals surface area contributed by atoms with Gasteiger partial charge >= 0.3 is 5.97 Å². The van der Waals surface area contributed by atoms with Gasteiger partial charge in [0.1, 0.15) is 23.7 Å². The average Bonchev–Trinajstić information content (AvgIpc) is 2.77. The summed E-state index contributed by atoms with van der Waals surface area (Å²) in [6.07, 6.45) is 0. The summed E-state index contributed by atoms with van der Waals surface area (Å²) in [7, 11) is -0.646. The number of rotatable bonds is 7. The normalized spacial score (nSPS) is 15.0. The molecule has 0 spiro atoms. The molecule has 1 fully saturated rings. The number of carbonyl (C=O) groups is 1. The Labute approximate surface area is 170 Å². The van der Waals surface area contributed by atoms with Crippen LogP contribution in [-0.2, 0) is 26.1 Å². The molecular weight excluding hydrogens is 398 g/mol. The fraction of sp³-hybridized carbons (Fsp3) is 0.350. The van der Waals surface area contributed by atoms with E-state index in [9.17, 15) is 13.2 Å². The lowest BCUT2D eigenvalue weighted by Gasteiger charge is -2.26. The van der Waals surface area contributed by atoms with E-state index in [2.05, 4.69) is 0 Å². The number of morpholine rings is 1. The highest BCUT2D eigenvalue weighted by Gasteiger charge is 2.26. The molecule has 2 aromatic carbocycles. The Hall–Kier alpha value is -2.62. The highest BCUT2D eigenvalue weighted by Crippen LogP contribution is 2.26. The molecule has 0 N–H and O–H groups in total. The van der Waals surface area contributed by atoms with Gasteiger partial charge in [-0.3, -0.25) is 0 Å². The predicted octanol–water partition coefficient (Wildman–Crippen LogP) is 2.08. The smallest absolute Gasteiger partial charge is 0.342 e. The molecule has 0 unspecified atom stereocenters. The summed E-state index contributed by atoms with van der Waals surface area (Å²) in [5.74, 6) is 0.309. The minimum absolute atomic E-state index is 0.0690. The summed E-state index contributed by atoms with van der Waals surface area (Å²) in [6.45, 7) is 1.32. The van der Waals surface area contributed by atoms with Crippen LogP contribution in [0, 0.1) is 0 Å². The standard InChI is InChI=1S/C20H23NO7S/c1-25-16-6-7-18(19(13-16)26-2)20(22)28-14-15-4-3-5-17(12-15)29(23,24)21-8-10-27-11-9-21/h3-7,12-13H,8-11,14H2,1-2H3. The van der Waals surface area contributed by atoms with E-state index in [1.165, 1.54) is 30.7 Å². The minimum atomic E-state index is -3.61. The molecule has 0 bridgehead atoms. The molecule has 0 atom stereocenters. The molecule has 1 aliphatic rings. The van der Waals surface area contributed by atoms with Crippen LogP contribution < -0.4 is 9.47 Å². The van der Waals surface area contributed by atoms with Crippen LogP contribution in [0.1, 0.15) is 15.9 Å². The van der Waals surface area contributed by atoms with E-state index in [-0.39, 0.29) is 17.1 Å². The molecular formula is C20H23NO7S. The SMILES string of the molecule is COc1ccc(C(=O)OCc2cccc(S(=O)(=O)N3CCOCC3)c2)c(OC)c1. The number of benzene rings is 2. The molecule has 3 rings (SSSR count). The summed E-state index contributed by atoms with van der Waals surface area (Å²) < 4.78 is 47.8. The Morgan fingerprint density at radius 3 is 2.52 bits per heavy atom. The van der Waals surface area contributed by atoms with Crippen LogP contribution >= 0.6 is 0 Å². The van der Waals surface area contributed by atoms with Crippen molar-refractivity contribution < 1.29 is 32.2 Å². The van der Waals surface area contributed by atoms with E-state index in [1.54, 1.807) is 30.3 Å². The van der Waals surface area contributed by atoms with Gasteiger partial charge in [-0.25, -0.2) is 13.2 Å². The van der Waals surface area contributed by atoms with Crippen molar-refractivity contribution >= 4 is 16.0 Å². The van der Waals surface area contributed by atoms with Crippen molar-refractivity contribution in [3.8, 4) is 11.5 Å². The first kappa shape index (κ1) is 21.1. The first-order chi connectivity index (χ1) is 14.0. The van der Waals surface area contributed by atoms with E-state index in [1.807, 2.05) is 0 Å². The zero-order valence-corrected chi connectivity index (χ0v) is 17.1. The summed E-state index contributed by atoms with van der Waals surface area (Å²) in [5.41, 5.74) is 0.825. The van der Waals surface area contributed by atoms with Crippen LogP contribution in [-0.4, -0.2) is 59.2 Å². The second-order valence-electron chi connectivity index (χ2n) is 6.31. The van der Waals surface area contributed by atoms with Gasteiger partial charge in [0.25, 0.3) is 0 Å². The highest BCUT2D eigenvalue weighted by molar-refractivity contribution is 7.89. The van der Waals surface area contributed by atoms with Crippen molar-refractivity contribution in [3.63, 3.8) is 0 Å². The zero-order valence-electron chi connectivity index (χ0n) is 16.3. The lowest BCUT2D eigenvalue weighted by Crippen LogP contribution is -2.40. The maximum absolute atomic E-state index is 12.8. The van der Waals surface area contributed by atoms with Crippen LogP contribution in [0.2, 0.25) is 0 Å². The number of hydrogen-bond acceptors (Lipinski definition) is 7. The first-order valence-electron chi connectivity index (χ1n) is 9.01. The minimum Gasteiger partial charge on any atom is -0.497 e. The Kier molecular flexibility index (Phi) is 6.73. The maximum Gasteiger partial charge on any atom is 0.342 e. The molecule has 1 saturated heterocycles. The van der Waals surface area contributed by atoms with Gasteiger partial charge in [-0.1, -0.05) is 12.1 Å². The van der Waals surface area contributed by atoms with Crippen molar-refractivity contribution in [3.05, 3.63) is 53.6 Å². The van der Waals surface area contributed by atoms with E-state index < -0.39 is 16.0 Å². The zero-order chi connectivity index (χ0) is 20.9. The van der Waals surface area contributed by atoms with Gasteiger partial charge in [0, 0.05) is 19.2 Å². The third-order valence-corrected chi connectivity index (χ3v) is 6.40. The second-order valence-corrected chi connectivity index (χ2v) is 8.24. The predicted molar refractivity (Wildman–Crippen MR) is 105 cm³/mol. The third-order valence-electron chi connectivity index (χ3n) is 4.50. The molecule has 1 aliphatic heterocycles. The number of esters is 1. The monoisotopic (exact) mass is 421 g/mol. The van der Waals surface area contributed by atoms with Crippen LogP contribution in [0.25, 0.3) is 0 Å². The van der Waals surface area contributed by atoms with Crippen molar-refractivity contribution in [2.75, 3.05) is 40.5 Å². The molecule has 2 aromatic rings. The van der Waals surface area contributed by atoms with Crippen molar-refractivity contribution in [1.82, 2.24) is 4.31 Å². The van der Waals surface area contributed by atoms with Crippen molar-refractivity contribution in [1.29, 1.82) is 0 Å². The number of methoxy groups -OCH3 is 2. The number of nitrogens with zero attached hydrogens (tertiary/aromatic N) is 1. The Morgan fingerprint density at radius 2 is 1.83 bits per heavy atom. The molecule has 0 aliphatic carbocycles. The van der Waals surface area contributed by atoms with Gasteiger partial charge in [-0.2, -0.15) is 4.31 Å². The van der Waals surface area contributed by atoms with Gasteiger partial charge < -0.3 is 18.9 Å². The molecule has 29 heavy (non-hydrogen) atoms. The topological polar surface area (TPSA) is 91.4 Å². The molecule has 8 nitrogen and oxygen atoms in total. The van der Waals surface area contributed by atoms with Gasteiger partial charge in [0.05, 0.1) is 32.3 Å². The average molecular weight is 421 g/mol. The van der Waals surface area contributed by atoms with Crippen LogP contribution in [0.15, 0.2) is 47.4 Å². The van der Waals surface area contributed by atoms with E-state index >= 15 is 0 Å². The lowest BCUT2D eigenvalue weighted by atomic mass is 10.2. The lowest BCUT2D eigenvalue weighted by molar-refractivity contribution is 0.0468. The van der Waals surface area contributed by atoms with Gasteiger partial charge in [0.2, 0.25) is 10.0 Å². The third kappa shape index (κ3) is 4.87. The van der Waals surface area contributed by atoms with Crippen molar-refractivity contribution in [2.24, 2.45) is 0 Å². The number of carbonyl (C=O) groups excluding carboxylic acids is 1. The Balaban J connectivity index is 1.72. The van der Waals surface area contributed by atoms with Gasteiger partial charge in [0.15, 0.2) is 0 Å². The first-order valence-corrected chi connectivity index (χ1v) is 10.5. The van der Waals surface area contributed by atoms with Gasteiger partial charge in [-0.15, -0.1) is 0 Å². The highest BCUT2D eigenvalue weighted by atomic mass is 32.2.